The molecule has 3 heteroatoms. The Morgan fingerprint density at radius 1 is 1.53 bits per heavy atom. The molecular weight excluding hydrogens is 188 g/mol. The highest BCUT2D eigenvalue weighted by Crippen LogP contribution is 2.21. The van der Waals surface area contributed by atoms with Crippen LogP contribution in [0.1, 0.15) is 20.8 Å². The van der Waals surface area contributed by atoms with Crippen molar-refractivity contribution in [2.75, 3.05) is 11.9 Å². The summed E-state index contributed by atoms with van der Waals surface area (Å²) in [4.78, 5) is 4.20. The van der Waals surface area contributed by atoms with Crippen LogP contribution in [0.3, 0.4) is 0 Å². The van der Waals surface area contributed by atoms with E-state index in [0.717, 1.165) is 11.6 Å². The molecule has 0 aromatic carbocycles. The molecule has 0 unspecified atom stereocenters. The zero-order valence-electron chi connectivity index (χ0n) is 9.37. The maximum absolute atomic E-state index is 5.60. The molecule has 0 aliphatic heterocycles. The zero-order valence-corrected chi connectivity index (χ0v) is 9.37. The van der Waals surface area contributed by atoms with Crippen molar-refractivity contribution in [3.05, 3.63) is 18.3 Å². The molecule has 15 heavy (non-hydrogen) atoms. The van der Waals surface area contributed by atoms with Gasteiger partial charge in [-0.2, -0.15) is 0 Å². The molecule has 1 N–H and O–H groups in total. The van der Waals surface area contributed by atoms with E-state index < -0.39 is 0 Å². The van der Waals surface area contributed by atoms with Gasteiger partial charge in [0.05, 0.1) is 12.6 Å². The van der Waals surface area contributed by atoms with E-state index in [-0.39, 0.29) is 6.10 Å². The van der Waals surface area contributed by atoms with Crippen molar-refractivity contribution in [1.82, 2.24) is 4.98 Å². The molecule has 1 heterocycles. The van der Waals surface area contributed by atoms with Gasteiger partial charge in [0.1, 0.15) is 0 Å². The van der Waals surface area contributed by atoms with Crippen molar-refractivity contribution >= 4 is 5.82 Å². The highest BCUT2D eigenvalue weighted by atomic mass is 16.5. The molecule has 0 atom stereocenters. The lowest BCUT2D eigenvalue weighted by atomic mass is 10.4. The summed E-state index contributed by atoms with van der Waals surface area (Å²) in [6.45, 7) is 6.37. The summed E-state index contributed by atoms with van der Waals surface area (Å²) in [5.74, 6) is 7.25. The van der Waals surface area contributed by atoms with Crippen LogP contribution in [0, 0.1) is 11.8 Å². The summed E-state index contributed by atoms with van der Waals surface area (Å²) >= 11 is 0. The van der Waals surface area contributed by atoms with Crippen LogP contribution >= 0.6 is 0 Å². The first-order chi connectivity index (χ1) is 7.24. The molecule has 80 valence electrons. The van der Waals surface area contributed by atoms with Gasteiger partial charge in [0, 0.05) is 6.20 Å². The van der Waals surface area contributed by atoms with Gasteiger partial charge in [0.25, 0.3) is 0 Å². The van der Waals surface area contributed by atoms with Crippen molar-refractivity contribution in [1.29, 1.82) is 0 Å². The third-order valence-corrected chi connectivity index (χ3v) is 1.65. The minimum atomic E-state index is 0.145. The number of pyridine rings is 1. The molecule has 0 fully saturated rings. The fourth-order valence-corrected chi connectivity index (χ4v) is 1.09. The number of hydrogen-bond donors (Lipinski definition) is 1. The van der Waals surface area contributed by atoms with Crippen molar-refractivity contribution in [2.24, 2.45) is 0 Å². The van der Waals surface area contributed by atoms with Crippen LogP contribution in [-0.4, -0.2) is 17.6 Å². The lowest BCUT2D eigenvalue weighted by molar-refractivity contribution is 0.243. The zero-order chi connectivity index (χ0) is 11.1. The summed E-state index contributed by atoms with van der Waals surface area (Å²) in [6, 6.07) is 3.75. The lowest BCUT2D eigenvalue weighted by Gasteiger charge is -2.13. The molecule has 0 aliphatic carbocycles. The predicted octanol–water partition coefficient (Wildman–Crippen LogP) is 2.30. The SMILES string of the molecule is CC#CCNc1ncccc1OC(C)C. The monoisotopic (exact) mass is 204 g/mol. The number of aromatic nitrogens is 1. The number of nitrogens with zero attached hydrogens (tertiary/aromatic N) is 1. The Kier molecular flexibility index (Phi) is 4.49. The number of anilines is 1. The maximum atomic E-state index is 5.60. The fourth-order valence-electron chi connectivity index (χ4n) is 1.09. The average Bonchev–Trinajstić information content (AvgIpc) is 2.20. The van der Waals surface area contributed by atoms with Crippen LogP contribution in [0.15, 0.2) is 18.3 Å². The van der Waals surface area contributed by atoms with Crippen LogP contribution < -0.4 is 10.1 Å². The van der Waals surface area contributed by atoms with E-state index in [1.165, 1.54) is 0 Å². The molecule has 0 spiro atoms. The molecule has 0 aliphatic rings. The minimum absolute atomic E-state index is 0.145. The van der Waals surface area contributed by atoms with Crippen LogP contribution in [0.25, 0.3) is 0 Å². The van der Waals surface area contributed by atoms with E-state index in [0.29, 0.717) is 6.54 Å². The summed E-state index contributed by atoms with van der Waals surface area (Å²) in [5.41, 5.74) is 0. The Morgan fingerprint density at radius 2 is 2.33 bits per heavy atom. The van der Waals surface area contributed by atoms with Gasteiger partial charge in [-0.3, -0.25) is 0 Å². The third kappa shape index (κ3) is 3.90. The molecule has 0 saturated carbocycles. The topological polar surface area (TPSA) is 34.2 Å². The highest BCUT2D eigenvalue weighted by Gasteiger charge is 2.04. The Hall–Kier alpha value is -1.69. The Bertz CT molecular complexity index is 363. The number of nitrogens with one attached hydrogen (secondary N) is 1. The first kappa shape index (κ1) is 11.4. The Labute approximate surface area is 90.9 Å². The minimum Gasteiger partial charge on any atom is -0.487 e. The van der Waals surface area contributed by atoms with Gasteiger partial charge in [0.15, 0.2) is 11.6 Å². The third-order valence-electron chi connectivity index (χ3n) is 1.65. The van der Waals surface area contributed by atoms with Gasteiger partial charge in [-0.15, -0.1) is 5.92 Å². The van der Waals surface area contributed by atoms with Crippen LogP contribution in [-0.2, 0) is 0 Å². The second-order valence-corrected chi connectivity index (χ2v) is 3.30. The highest BCUT2D eigenvalue weighted by molar-refractivity contribution is 5.50. The molecular formula is C12H16N2O. The molecule has 3 nitrogen and oxygen atoms in total. The number of hydrogen-bond acceptors (Lipinski definition) is 3. The van der Waals surface area contributed by atoms with Gasteiger partial charge in [-0.1, -0.05) is 5.92 Å². The molecule has 0 saturated heterocycles. The Balaban J connectivity index is 2.70. The van der Waals surface area contributed by atoms with E-state index in [9.17, 15) is 0 Å². The lowest BCUT2D eigenvalue weighted by Crippen LogP contribution is -2.09. The normalized spacial score (nSPS) is 9.33. The predicted molar refractivity (Wildman–Crippen MR) is 61.9 cm³/mol. The second-order valence-electron chi connectivity index (χ2n) is 3.30. The number of rotatable bonds is 4. The van der Waals surface area contributed by atoms with Crippen LogP contribution in [0.2, 0.25) is 0 Å². The van der Waals surface area contributed by atoms with E-state index >= 15 is 0 Å². The van der Waals surface area contributed by atoms with Crippen molar-refractivity contribution < 1.29 is 4.74 Å². The maximum Gasteiger partial charge on any atom is 0.169 e. The molecule has 1 aromatic heterocycles. The summed E-state index contributed by atoms with van der Waals surface area (Å²) in [5, 5.41) is 3.11. The van der Waals surface area contributed by atoms with Crippen molar-refractivity contribution in [2.45, 2.75) is 26.9 Å². The molecule has 0 bridgehead atoms. The van der Waals surface area contributed by atoms with Gasteiger partial charge >= 0.3 is 0 Å². The summed E-state index contributed by atoms with van der Waals surface area (Å²) in [7, 11) is 0. The van der Waals surface area contributed by atoms with Crippen LogP contribution in [0.5, 0.6) is 5.75 Å². The smallest absolute Gasteiger partial charge is 0.169 e. The van der Waals surface area contributed by atoms with Gasteiger partial charge in [-0.25, -0.2) is 4.98 Å². The second kappa shape index (κ2) is 5.92. The van der Waals surface area contributed by atoms with Gasteiger partial charge in [-0.05, 0) is 32.9 Å². The van der Waals surface area contributed by atoms with Crippen molar-refractivity contribution in [3.8, 4) is 17.6 Å². The standard InChI is InChI=1S/C12H16N2O/c1-4-5-8-13-12-11(15-10(2)3)7-6-9-14-12/h6-7,9-10H,8H2,1-3H3,(H,13,14). The van der Waals surface area contributed by atoms with Crippen LogP contribution in [0.4, 0.5) is 5.82 Å². The fraction of sp³-hybridized carbons (Fsp3) is 0.417. The molecule has 1 rings (SSSR count). The van der Waals surface area contributed by atoms with E-state index in [2.05, 4.69) is 22.1 Å². The van der Waals surface area contributed by atoms with Gasteiger partial charge < -0.3 is 10.1 Å². The molecule has 1 aromatic rings. The first-order valence-corrected chi connectivity index (χ1v) is 4.99. The Morgan fingerprint density at radius 3 is 3.00 bits per heavy atom. The quantitative estimate of drug-likeness (QED) is 0.764. The van der Waals surface area contributed by atoms with Gasteiger partial charge in [0.2, 0.25) is 0 Å². The van der Waals surface area contributed by atoms with E-state index in [4.69, 9.17) is 4.74 Å². The number of ether oxygens (including phenoxy) is 1. The van der Waals surface area contributed by atoms with E-state index in [1.807, 2.05) is 32.9 Å². The average molecular weight is 204 g/mol. The molecule has 0 amide bonds. The summed E-state index contributed by atoms with van der Waals surface area (Å²) < 4.78 is 5.60. The van der Waals surface area contributed by atoms with E-state index in [1.54, 1.807) is 6.20 Å². The largest absolute Gasteiger partial charge is 0.487 e. The molecule has 0 radical (unpaired) electrons. The first-order valence-electron chi connectivity index (χ1n) is 4.99. The van der Waals surface area contributed by atoms with Crippen molar-refractivity contribution in [3.63, 3.8) is 0 Å². The summed E-state index contributed by atoms with van der Waals surface area (Å²) in [6.07, 6.45) is 1.88.